The van der Waals surface area contributed by atoms with Crippen molar-refractivity contribution >= 4 is 5.91 Å². The molecule has 0 bridgehead atoms. The summed E-state index contributed by atoms with van der Waals surface area (Å²) in [6, 6.07) is 1.16. The molecule has 0 fully saturated rings. The van der Waals surface area contributed by atoms with Gasteiger partial charge in [-0.3, -0.25) is 4.79 Å². The lowest BCUT2D eigenvalue weighted by molar-refractivity contribution is 0.0585. The molecule has 4 nitrogen and oxygen atoms in total. The number of benzene rings is 1. The van der Waals surface area contributed by atoms with Gasteiger partial charge in [0.05, 0.1) is 6.10 Å². The van der Waals surface area contributed by atoms with Crippen LogP contribution in [0.15, 0.2) is 12.1 Å². The molecule has 0 aliphatic carbocycles. The molecule has 0 saturated heterocycles. The number of amides is 1. The monoisotopic (exact) mass is 273 g/mol. The molecule has 1 atom stereocenters. The molecule has 0 radical (unpaired) electrons. The van der Waals surface area contributed by atoms with Crippen molar-refractivity contribution in [1.82, 2.24) is 5.32 Å². The summed E-state index contributed by atoms with van der Waals surface area (Å²) < 4.78 is 26.2. The summed E-state index contributed by atoms with van der Waals surface area (Å²) in [4.78, 5) is 11.7. The van der Waals surface area contributed by atoms with Crippen molar-refractivity contribution in [2.75, 3.05) is 6.54 Å². The lowest BCUT2D eigenvalue weighted by Crippen LogP contribution is -2.39. The number of carbonyl (C=O) groups is 1. The Hall–Kier alpha value is -1.69. The van der Waals surface area contributed by atoms with Crippen LogP contribution in [0.3, 0.4) is 0 Å². The molecular formula is C13H17F2NO3. The molecule has 3 N–H and O–H groups in total. The second-order valence-corrected chi connectivity index (χ2v) is 5.37. The van der Waals surface area contributed by atoms with Crippen molar-refractivity contribution in [3.8, 4) is 5.75 Å². The van der Waals surface area contributed by atoms with Crippen LogP contribution in [0.1, 0.15) is 31.1 Å². The summed E-state index contributed by atoms with van der Waals surface area (Å²) in [5.41, 5.74) is -1.08. The van der Waals surface area contributed by atoms with Crippen LogP contribution in [0.4, 0.5) is 8.78 Å². The van der Waals surface area contributed by atoms with E-state index in [0.29, 0.717) is 12.1 Å². The predicted octanol–water partition coefficient (Wildman–Crippen LogP) is 1.81. The molecule has 0 aromatic heterocycles. The highest BCUT2D eigenvalue weighted by atomic mass is 19.1. The van der Waals surface area contributed by atoms with Gasteiger partial charge in [-0.05, 0) is 5.41 Å². The minimum absolute atomic E-state index is 0.0986. The van der Waals surface area contributed by atoms with Gasteiger partial charge in [-0.2, -0.15) is 0 Å². The number of nitrogens with one attached hydrogen (secondary N) is 1. The van der Waals surface area contributed by atoms with Crippen molar-refractivity contribution in [1.29, 1.82) is 0 Å². The lowest BCUT2D eigenvalue weighted by Gasteiger charge is -2.25. The van der Waals surface area contributed by atoms with Gasteiger partial charge in [-0.1, -0.05) is 20.8 Å². The maximum atomic E-state index is 13.4. The number of phenols is 1. The van der Waals surface area contributed by atoms with E-state index in [4.69, 9.17) is 0 Å². The highest BCUT2D eigenvalue weighted by Crippen LogP contribution is 2.22. The summed E-state index contributed by atoms with van der Waals surface area (Å²) in [5, 5.41) is 21.4. The number of aliphatic hydroxyl groups excluding tert-OH is 1. The van der Waals surface area contributed by atoms with Crippen LogP contribution in [0, 0.1) is 17.0 Å². The number of aromatic hydroxyl groups is 1. The van der Waals surface area contributed by atoms with Crippen LogP contribution >= 0.6 is 0 Å². The van der Waals surface area contributed by atoms with Gasteiger partial charge < -0.3 is 15.5 Å². The first-order valence-corrected chi connectivity index (χ1v) is 5.77. The fourth-order valence-electron chi connectivity index (χ4n) is 1.37. The molecule has 106 valence electrons. The average Bonchev–Trinajstić information content (AvgIpc) is 2.22. The van der Waals surface area contributed by atoms with E-state index in [-0.39, 0.29) is 6.54 Å². The fraction of sp³-hybridized carbons (Fsp3) is 0.462. The molecule has 1 unspecified atom stereocenters. The molecule has 1 aromatic rings. The third-order valence-electron chi connectivity index (χ3n) is 2.72. The number of phenolic OH excluding ortho intramolecular Hbond substituents is 1. The summed E-state index contributed by atoms with van der Waals surface area (Å²) in [7, 11) is 0. The van der Waals surface area contributed by atoms with E-state index < -0.39 is 40.4 Å². The maximum absolute atomic E-state index is 13.4. The highest BCUT2D eigenvalue weighted by molar-refractivity contribution is 5.97. The van der Waals surface area contributed by atoms with Crippen molar-refractivity contribution in [2.24, 2.45) is 5.41 Å². The molecule has 0 heterocycles. The van der Waals surface area contributed by atoms with Gasteiger partial charge in [0.1, 0.15) is 22.9 Å². The molecule has 0 saturated carbocycles. The van der Waals surface area contributed by atoms with Crippen LogP contribution < -0.4 is 5.32 Å². The Morgan fingerprint density at radius 1 is 1.37 bits per heavy atom. The number of aliphatic hydroxyl groups is 1. The van der Waals surface area contributed by atoms with Gasteiger partial charge in [0.15, 0.2) is 0 Å². The first-order chi connectivity index (χ1) is 8.62. The molecule has 0 aliphatic rings. The van der Waals surface area contributed by atoms with Gasteiger partial charge in [-0.25, -0.2) is 8.78 Å². The van der Waals surface area contributed by atoms with E-state index in [9.17, 15) is 23.8 Å². The number of hydrogen-bond donors (Lipinski definition) is 3. The van der Waals surface area contributed by atoms with Gasteiger partial charge in [0.2, 0.25) is 0 Å². The molecule has 19 heavy (non-hydrogen) atoms. The third-order valence-corrected chi connectivity index (χ3v) is 2.72. The molecule has 1 aromatic carbocycles. The first kappa shape index (κ1) is 15.4. The Morgan fingerprint density at radius 3 is 2.42 bits per heavy atom. The van der Waals surface area contributed by atoms with Crippen molar-refractivity contribution < 1.29 is 23.8 Å². The summed E-state index contributed by atoms with van der Waals surface area (Å²) in [6.45, 7) is 5.23. The molecular weight excluding hydrogens is 256 g/mol. The van der Waals surface area contributed by atoms with E-state index in [1.807, 2.05) is 0 Å². The van der Waals surface area contributed by atoms with Gasteiger partial charge in [-0.15, -0.1) is 0 Å². The van der Waals surface area contributed by atoms with Crippen LogP contribution in [0.5, 0.6) is 5.75 Å². The van der Waals surface area contributed by atoms with Crippen molar-refractivity contribution in [2.45, 2.75) is 26.9 Å². The minimum Gasteiger partial charge on any atom is -0.507 e. The zero-order valence-electron chi connectivity index (χ0n) is 11.0. The zero-order chi connectivity index (χ0) is 14.8. The minimum atomic E-state index is -1.15. The summed E-state index contributed by atoms with van der Waals surface area (Å²) >= 11 is 0. The zero-order valence-corrected chi connectivity index (χ0v) is 11.0. The van der Waals surface area contributed by atoms with Gasteiger partial charge in [0, 0.05) is 18.7 Å². The Balaban J connectivity index is 2.80. The molecule has 1 amide bonds. The van der Waals surface area contributed by atoms with Gasteiger partial charge >= 0.3 is 0 Å². The summed E-state index contributed by atoms with van der Waals surface area (Å²) in [5.74, 6) is -3.81. The standard InChI is InChI=1S/C13H17F2NO3/c1-13(2,3)10(18)6-16-12(19)11-8(15)4-7(14)5-9(11)17/h4-5,10,17-18H,6H2,1-3H3,(H,16,19). The van der Waals surface area contributed by atoms with Crippen LogP contribution in [0.25, 0.3) is 0 Å². The normalized spacial score (nSPS) is 13.2. The van der Waals surface area contributed by atoms with Crippen molar-refractivity contribution in [3.05, 3.63) is 29.3 Å². The quantitative estimate of drug-likeness (QED) is 0.786. The fourth-order valence-corrected chi connectivity index (χ4v) is 1.37. The third kappa shape index (κ3) is 3.89. The second kappa shape index (κ2) is 5.52. The van der Waals surface area contributed by atoms with Gasteiger partial charge in [0.25, 0.3) is 5.91 Å². The molecule has 0 spiro atoms. The molecule has 6 heteroatoms. The van der Waals surface area contributed by atoms with E-state index >= 15 is 0 Å². The smallest absolute Gasteiger partial charge is 0.258 e. The SMILES string of the molecule is CC(C)(C)C(O)CNC(=O)c1c(O)cc(F)cc1F. The van der Waals surface area contributed by atoms with E-state index in [1.54, 1.807) is 20.8 Å². The first-order valence-electron chi connectivity index (χ1n) is 5.77. The maximum Gasteiger partial charge on any atom is 0.258 e. The van der Waals surface area contributed by atoms with E-state index in [1.165, 1.54) is 0 Å². The van der Waals surface area contributed by atoms with Crippen LogP contribution in [0.2, 0.25) is 0 Å². The molecule has 1 rings (SSSR count). The Bertz CT molecular complexity index is 460. The second-order valence-electron chi connectivity index (χ2n) is 5.37. The van der Waals surface area contributed by atoms with E-state index in [0.717, 1.165) is 0 Å². The van der Waals surface area contributed by atoms with E-state index in [2.05, 4.69) is 5.32 Å². The number of rotatable bonds is 3. The number of hydrogen-bond acceptors (Lipinski definition) is 3. The average molecular weight is 273 g/mol. The van der Waals surface area contributed by atoms with Crippen LogP contribution in [-0.4, -0.2) is 28.8 Å². The van der Waals surface area contributed by atoms with Crippen molar-refractivity contribution in [3.63, 3.8) is 0 Å². The Morgan fingerprint density at radius 2 is 1.95 bits per heavy atom. The largest absolute Gasteiger partial charge is 0.507 e. The highest BCUT2D eigenvalue weighted by Gasteiger charge is 2.24. The lowest BCUT2D eigenvalue weighted by atomic mass is 9.89. The number of carbonyl (C=O) groups excluding carboxylic acids is 1. The Kier molecular flexibility index (Phi) is 4.47. The van der Waals surface area contributed by atoms with Crippen LogP contribution in [-0.2, 0) is 0 Å². The summed E-state index contributed by atoms with van der Waals surface area (Å²) in [6.07, 6.45) is -0.831. The Labute approximate surface area is 110 Å². The topological polar surface area (TPSA) is 69.6 Å². The molecule has 0 aliphatic heterocycles. The predicted molar refractivity (Wildman–Crippen MR) is 65.8 cm³/mol. The number of halogens is 2.